The summed E-state index contributed by atoms with van der Waals surface area (Å²) in [6.45, 7) is 2.10. The van der Waals surface area contributed by atoms with Crippen LogP contribution in [0.5, 0.6) is 0 Å². The first-order valence-corrected chi connectivity index (χ1v) is 5.17. The molecule has 0 aliphatic carbocycles. The molecule has 1 aromatic rings. The van der Waals surface area contributed by atoms with Gasteiger partial charge in [-0.15, -0.1) is 0 Å². The van der Waals surface area contributed by atoms with Gasteiger partial charge in [0.25, 0.3) is 0 Å². The van der Waals surface area contributed by atoms with E-state index in [1.54, 1.807) is 6.92 Å². The van der Waals surface area contributed by atoms with Gasteiger partial charge in [-0.05, 0) is 6.92 Å². The first-order chi connectivity index (χ1) is 8.50. The van der Waals surface area contributed by atoms with Gasteiger partial charge >= 0.3 is 5.97 Å². The number of carbonyl (C=O) groups is 2. The summed E-state index contributed by atoms with van der Waals surface area (Å²) in [6, 6.07) is 0. The number of hydrogen-bond donors (Lipinski definition) is 3. The van der Waals surface area contributed by atoms with Crippen LogP contribution in [-0.2, 0) is 9.53 Å². The van der Waals surface area contributed by atoms with Crippen molar-refractivity contribution in [2.24, 2.45) is 5.73 Å². The van der Waals surface area contributed by atoms with Crippen LogP contribution < -0.4 is 11.1 Å². The zero-order chi connectivity index (χ0) is 13.5. The number of carbonyl (C=O) groups excluding carboxylic acids is 1. The second-order valence-electron chi connectivity index (χ2n) is 3.44. The average Bonchev–Trinajstić information content (AvgIpc) is 2.27. The Balaban J connectivity index is 2.42. The van der Waals surface area contributed by atoms with Crippen molar-refractivity contribution in [3.05, 3.63) is 17.5 Å². The standard InChI is InChI=1S/C10H14N4O4/c1-6-7(9(16)17)4-13-10(14-6)12-2-3-18-5-8(11)15/h4H,2-3,5H2,1H3,(H2,11,15)(H,16,17)(H,12,13,14). The van der Waals surface area contributed by atoms with Crippen LogP contribution in [0, 0.1) is 6.92 Å². The maximum atomic E-state index is 10.7. The summed E-state index contributed by atoms with van der Waals surface area (Å²) >= 11 is 0. The van der Waals surface area contributed by atoms with Crippen LogP contribution in [0.2, 0.25) is 0 Å². The molecule has 1 aromatic heterocycles. The molecule has 8 heteroatoms. The molecule has 0 bridgehead atoms. The second kappa shape index (κ2) is 6.50. The van der Waals surface area contributed by atoms with Gasteiger partial charge in [-0.1, -0.05) is 0 Å². The molecule has 0 aliphatic rings. The van der Waals surface area contributed by atoms with Crippen molar-refractivity contribution in [2.75, 3.05) is 25.1 Å². The summed E-state index contributed by atoms with van der Waals surface area (Å²) < 4.78 is 4.92. The third kappa shape index (κ3) is 4.34. The highest BCUT2D eigenvalue weighted by Gasteiger charge is 2.09. The fraction of sp³-hybridized carbons (Fsp3) is 0.400. The number of nitrogens with zero attached hydrogens (tertiary/aromatic N) is 2. The third-order valence-corrected chi connectivity index (χ3v) is 1.98. The average molecular weight is 254 g/mol. The van der Waals surface area contributed by atoms with Gasteiger partial charge in [0, 0.05) is 12.7 Å². The van der Waals surface area contributed by atoms with Gasteiger partial charge in [-0.2, -0.15) is 0 Å². The summed E-state index contributed by atoms with van der Waals surface area (Å²) in [4.78, 5) is 28.9. The number of carboxylic acids is 1. The van der Waals surface area contributed by atoms with E-state index < -0.39 is 11.9 Å². The number of aryl methyl sites for hydroxylation is 1. The topological polar surface area (TPSA) is 127 Å². The molecule has 0 atom stereocenters. The molecule has 98 valence electrons. The maximum absolute atomic E-state index is 10.7. The second-order valence-corrected chi connectivity index (χ2v) is 3.44. The highest BCUT2D eigenvalue weighted by Crippen LogP contribution is 2.06. The Labute approximate surface area is 103 Å². The van der Waals surface area contributed by atoms with Crippen LogP contribution in [0.1, 0.15) is 16.1 Å². The minimum Gasteiger partial charge on any atom is -0.478 e. The number of aromatic carboxylic acids is 1. The van der Waals surface area contributed by atoms with Gasteiger partial charge in [0.05, 0.1) is 17.9 Å². The summed E-state index contributed by atoms with van der Waals surface area (Å²) in [7, 11) is 0. The fourth-order valence-electron chi connectivity index (χ4n) is 1.17. The number of anilines is 1. The Hall–Kier alpha value is -2.22. The Bertz CT molecular complexity index is 450. The molecule has 0 radical (unpaired) electrons. The smallest absolute Gasteiger partial charge is 0.339 e. The molecule has 0 saturated heterocycles. The number of nitrogens with one attached hydrogen (secondary N) is 1. The quantitative estimate of drug-likeness (QED) is 0.554. The monoisotopic (exact) mass is 254 g/mol. The van der Waals surface area contributed by atoms with Gasteiger partial charge in [0.1, 0.15) is 6.61 Å². The van der Waals surface area contributed by atoms with Crippen LogP contribution >= 0.6 is 0 Å². The number of primary amides is 1. The molecular formula is C10H14N4O4. The van der Waals surface area contributed by atoms with E-state index >= 15 is 0 Å². The Morgan fingerprint density at radius 2 is 2.28 bits per heavy atom. The summed E-state index contributed by atoms with van der Waals surface area (Å²) in [5, 5.41) is 11.6. The minimum atomic E-state index is -1.07. The Morgan fingerprint density at radius 1 is 1.56 bits per heavy atom. The Morgan fingerprint density at radius 3 is 2.83 bits per heavy atom. The number of aromatic nitrogens is 2. The van der Waals surface area contributed by atoms with Gasteiger partial charge in [-0.25, -0.2) is 14.8 Å². The molecule has 1 amide bonds. The molecule has 8 nitrogen and oxygen atoms in total. The zero-order valence-electron chi connectivity index (χ0n) is 9.84. The lowest BCUT2D eigenvalue weighted by molar-refractivity contribution is -0.122. The molecule has 1 rings (SSSR count). The largest absolute Gasteiger partial charge is 0.478 e. The molecule has 4 N–H and O–H groups in total. The van der Waals surface area contributed by atoms with E-state index in [1.165, 1.54) is 6.20 Å². The lowest BCUT2D eigenvalue weighted by Gasteiger charge is -2.06. The van der Waals surface area contributed by atoms with Crippen LogP contribution in [0.15, 0.2) is 6.20 Å². The van der Waals surface area contributed by atoms with Crippen LogP contribution in [0.4, 0.5) is 5.95 Å². The van der Waals surface area contributed by atoms with E-state index in [4.69, 9.17) is 15.6 Å². The molecule has 0 unspecified atom stereocenters. The molecule has 0 spiro atoms. The SMILES string of the molecule is Cc1nc(NCCOCC(N)=O)ncc1C(=O)O. The van der Waals surface area contributed by atoms with Crippen molar-refractivity contribution in [1.29, 1.82) is 0 Å². The number of nitrogens with two attached hydrogens (primary N) is 1. The van der Waals surface area contributed by atoms with Crippen molar-refractivity contribution in [1.82, 2.24) is 9.97 Å². The van der Waals surface area contributed by atoms with E-state index in [-0.39, 0.29) is 18.8 Å². The molecule has 0 fully saturated rings. The van der Waals surface area contributed by atoms with E-state index in [0.717, 1.165) is 0 Å². The third-order valence-electron chi connectivity index (χ3n) is 1.98. The molecule has 0 saturated carbocycles. The van der Waals surface area contributed by atoms with Gasteiger partial charge < -0.3 is 20.9 Å². The molecule has 18 heavy (non-hydrogen) atoms. The zero-order valence-corrected chi connectivity index (χ0v) is 9.84. The van der Waals surface area contributed by atoms with Crippen molar-refractivity contribution < 1.29 is 19.4 Å². The summed E-state index contributed by atoms with van der Waals surface area (Å²) in [5.74, 6) is -1.29. The van der Waals surface area contributed by atoms with Crippen molar-refractivity contribution in [3.63, 3.8) is 0 Å². The summed E-state index contributed by atoms with van der Waals surface area (Å²) in [5.41, 5.74) is 5.32. The first kappa shape index (κ1) is 13.8. The summed E-state index contributed by atoms with van der Waals surface area (Å²) in [6.07, 6.45) is 1.23. The molecule has 1 heterocycles. The van der Waals surface area contributed by atoms with E-state index in [0.29, 0.717) is 18.2 Å². The number of rotatable bonds is 7. The normalized spacial score (nSPS) is 10.1. The maximum Gasteiger partial charge on any atom is 0.339 e. The molecule has 0 aromatic carbocycles. The van der Waals surface area contributed by atoms with Crippen LogP contribution in [-0.4, -0.2) is 46.7 Å². The minimum absolute atomic E-state index is 0.0607. The lowest BCUT2D eigenvalue weighted by atomic mass is 10.2. The number of amides is 1. The van der Waals surface area contributed by atoms with Crippen molar-refractivity contribution in [3.8, 4) is 0 Å². The first-order valence-electron chi connectivity index (χ1n) is 5.17. The van der Waals surface area contributed by atoms with Gasteiger partial charge in [0.2, 0.25) is 11.9 Å². The predicted octanol–water partition coefficient (Wildman–Crippen LogP) is -0.603. The number of ether oxygens (including phenoxy) is 1. The van der Waals surface area contributed by atoms with Crippen molar-refractivity contribution >= 4 is 17.8 Å². The molecule has 0 aliphatic heterocycles. The number of hydrogen-bond acceptors (Lipinski definition) is 6. The van der Waals surface area contributed by atoms with Gasteiger partial charge in [0.15, 0.2) is 0 Å². The van der Waals surface area contributed by atoms with Gasteiger partial charge in [-0.3, -0.25) is 4.79 Å². The van der Waals surface area contributed by atoms with E-state index in [2.05, 4.69) is 15.3 Å². The van der Waals surface area contributed by atoms with E-state index in [9.17, 15) is 9.59 Å². The van der Waals surface area contributed by atoms with Crippen molar-refractivity contribution in [2.45, 2.75) is 6.92 Å². The fourth-order valence-corrected chi connectivity index (χ4v) is 1.17. The predicted molar refractivity (Wildman–Crippen MR) is 62.2 cm³/mol. The highest BCUT2D eigenvalue weighted by molar-refractivity contribution is 5.88. The van der Waals surface area contributed by atoms with E-state index in [1.807, 2.05) is 0 Å². The highest BCUT2D eigenvalue weighted by atomic mass is 16.5. The molecular weight excluding hydrogens is 240 g/mol. The number of carboxylic acid groups (broad SMARTS) is 1. The van der Waals surface area contributed by atoms with Crippen LogP contribution in [0.25, 0.3) is 0 Å². The lowest BCUT2D eigenvalue weighted by Crippen LogP contribution is -2.21. The Kier molecular flexibility index (Phi) is 5.00. The van der Waals surface area contributed by atoms with Crippen LogP contribution in [0.3, 0.4) is 0 Å².